The van der Waals surface area contributed by atoms with Crippen LogP contribution in [-0.2, 0) is 9.59 Å². The average molecular weight is 410 g/mol. The highest BCUT2D eigenvalue weighted by atomic mass is 16.5. The van der Waals surface area contributed by atoms with Gasteiger partial charge in [0.2, 0.25) is 0 Å². The van der Waals surface area contributed by atoms with Crippen molar-refractivity contribution in [3.05, 3.63) is 67.5 Å². The van der Waals surface area contributed by atoms with E-state index in [2.05, 4.69) is 15.3 Å². The van der Waals surface area contributed by atoms with E-state index in [1.54, 1.807) is 24.3 Å². The number of carboxylic acid groups (broad SMARTS) is 1. The topological polar surface area (TPSA) is 144 Å². The van der Waals surface area contributed by atoms with Crippen LogP contribution in [0.5, 0.6) is 5.75 Å². The Hall–Kier alpha value is -3.62. The van der Waals surface area contributed by atoms with Crippen molar-refractivity contribution in [3.8, 4) is 5.75 Å². The molecule has 0 unspecified atom stereocenters. The molecule has 1 aromatic heterocycles. The fourth-order valence-electron chi connectivity index (χ4n) is 4.18. The summed E-state index contributed by atoms with van der Waals surface area (Å²) in [6.45, 7) is 3.40. The highest BCUT2D eigenvalue weighted by molar-refractivity contribution is 6.01. The van der Waals surface area contributed by atoms with Gasteiger partial charge in [0, 0.05) is 23.6 Å². The van der Waals surface area contributed by atoms with Crippen LogP contribution in [0.15, 0.2) is 45.1 Å². The lowest BCUT2D eigenvalue weighted by Gasteiger charge is -2.38. The first-order valence-electron chi connectivity index (χ1n) is 9.47. The molecule has 1 aliphatic heterocycles. The number of benzene rings is 1. The van der Waals surface area contributed by atoms with E-state index in [1.165, 1.54) is 0 Å². The van der Waals surface area contributed by atoms with Gasteiger partial charge in [0.25, 0.3) is 5.56 Å². The number of carboxylic acids is 1. The Balaban J connectivity index is 1.84. The van der Waals surface area contributed by atoms with Gasteiger partial charge in [0.1, 0.15) is 18.2 Å². The number of ketones is 1. The van der Waals surface area contributed by atoms with Crippen LogP contribution >= 0.6 is 0 Å². The number of H-pyrrole nitrogens is 2. The van der Waals surface area contributed by atoms with Gasteiger partial charge in [0.15, 0.2) is 5.78 Å². The van der Waals surface area contributed by atoms with Gasteiger partial charge >= 0.3 is 5.69 Å². The Morgan fingerprint density at radius 2 is 1.83 bits per heavy atom. The van der Waals surface area contributed by atoms with Gasteiger partial charge in [0.05, 0.1) is 11.5 Å². The number of hydrogen-bond acceptors (Lipinski definition) is 7. The molecule has 0 spiro atoms. The molecular formula is C21H20N3O6-. The van der Waals surface area contributed by atoms with E-state index >= 15 is 0 Å². The van der Waals surface area contributed by atoms with Crippen molar-refractivity contribution < 1.29 is 19.4 Å². The molecule has 0 fully saturated rings. The van der Waals surface area contributed by atoms with E-state index in [-0.39, 0.29) is 22.6 Å². The summed E-state index contributed by atoms with van der Waals surface area (Å²) in [7, 11) is 0. The zero-order valence-electron chi connectivity index (χ0n) is 16.5. The lowest BCUT2D eigenvalue weighted by Crippen LogP contribution is -2.38. The SMILES string of the molecule is CC1(C)CC(=O)C2=C(C1)Nc1[nH]c(=O)[nH]c(=O)c1[C@@H]2c1ccc(OCC(=O)[O-])cc1. The van der Waals surface area contributed by atoms with E-state index in [0.29, 0.717) is 35.4 Å². The van der Waals surface area contributed by atoms with Crippen LogP contribution in [0.3, 0.4) is 0 Å². The first-order chi connectivity index (χ1) is 14.1. The van der Waals surface area contributed by atoms with Crippen LogP contribution in [-0.4, -0.2) is 28.3 Å². The Morgan fingerprint density at radius 3 is 2.50 bits per heavy atom. The summed E-state index contributed by atoms with van der Waals surface area (Å²) in [5, 5.41) is 13.7. The first-order valence-corrected chi connectivity index (χ1v) is 9.47. The molecule has 1 aliphatic carbocycles. The van der Waals surface area contributed by atoms with Crippen molar-refractivity contribution >= 4 is 17.6 Å². The molecule has 2 aromatic rings. The van der Waals surface area contributed by atoms with Gasteiger partial charge in [-0.15, -0.1) is 0 Å². The molecule has 0 radical (unpaired) electrons. The minimum Gasteiger partial charge on any atom is -0.546 e. The largest absolute Gasteiger partial charge is 0.546 e. The molecule has 1 aromatic carbocycles. The summed E-state index contributed by atoms with van der Waals surface area (Å²) in [5.41, 5.74) is 0.625. The summed E-state index contributed by atoms with van der Waals surface area (Å²) in [5.74, 6) is -1.48. The second-order valence-corrected chi connectivity index (χ2v) is 8.32. The molecule has 0 saturated carbocycles. The molecule has 156 valence electrons. The van der Waals surface area contributed by atoms with Crippen molar-refractivity contribution in [2.24, 2.45) is 5.41 Å². The van der Waals surface area contributed by atoms with Crippen LogP contribution in [0.4, 0.5) is 5.82 Å². The van der Waals surface area contributed by atoms with E-state index in [4.69, 9.17) is 4.74 Å². The third-order valence-corrected chi connectivity index (χ3v) is 5.32. The number of ether oxygens (including phenoxy) is 1. The molecule has 30 heavy (non-hydrogen) atoms. The third kappa shape index (κ3) is 3.54. The molecule has 1 atom stereocenters. The van der Waals surface area contributed by atoms with Gasteiger partial charge in [-0.2, -0.15) is 0 Å². The van der Waals surface area contributed by atoms with Crippen molar-refractivity contribution in [3.63, 3.8) is 0 Å². The number of aromatic amines is 2. The Bertz CT molecular complexity index is 1190. The number of aromatic nitrogens is 2. The number of anilines is 1. The second-order valence-electron chi connectivity index (χ2n) is 8.32. The Labute approximate surface area is 170 Å². The van der Waals surface area contributed by atoms with Gasteiger partial charge in [-0.1, -0.05) is 26.0 Å². The molecule has 3 N–H and O–H groups in total. The number of rotatable bonds is 4. The average Bonchev–Trinajstić information content (AvgIpc) is 2.64. The lowest BCUT2D eigenvalue weighted by molar-refractivity contribution is -0.307. The van der Waals surface area contributed by atoms with Gasteiger partial charge in [-0.25, -0.2) is 4.79 Å². The van der Waals surface area contributed by atoms with E-state index in [0.717, 1.165) is 0 Å². The van der Waals surface area contributed by atoms with E-state index < -0.39 is 29.7 Å². The number of Topliss-reactive ketones (excluding diaryl/α,β-unsaturated/α-hetero) is 1. The lowest BCUT2D eigenvalue weighted by atomic mass is 9.69. The minimum atomic E-state index is -1.34. The second kappa shape index (κ2) is 7.01. The molecule has 2 heterocycles. The number of hydrogen-bond donors (Lipinski definition) is 3. The highest BCUT2D eigenvalue weighted by Gasteiger charge is 2.42. The van der Waals surface area contributed by atoms with Crippen LogP contribution in [0.1, 0.15) is 43.7 Å². The monoisotopic (exact) mass is 410 g/mol. The number of nitrogens with one attached hydrogen (secondary N) is 3. The normalized spacial score (nSPS) is 19.5. The first kappa shape index (κ1) is 19.7. The number of aliphatic carboxylic acids is 1. The molecule has 0 saturated heterocycles. The highest BCUT2D eigenvalue weighted by Crippen LogP contribution is 2.47. The predicted octanol–water partition coefficient (Wildman–Crippen LogP) is 0.393. The fraction of sp³-hybridized carbons (Fsp3) is 0.333. The standard InChI is InChI=1S/C21H21N3O6/c1-21(2)7-12-16(13(25)8-21)15(17-18(22-12)23-20(29)24-19(17)28)10-3-5-11(6-4-10)30-9-14(26)27/h3-6,15H,7-9H2,1-2H3,(H,26,27)(H3,22,23,24,28,29)/p-1/t15-/m1/s1. The number of allylic oxidation sites excluding steroid dienone is 2. The van der Waals surface area contributed by atoms with Crippen molar-refractivity contribution in [2.75, 3.05) is 11.9 Å². The van der Waals surface area contributed by atoms with Crippen LogP contribution in [0, 0.1) is 5.41 Å². The zero-order valence-corrected chi connectivity index (χ0v) is 16.5. The Kier molecular flexibility index (Phi) is 4.60. The number of carbonyl (C=O) groups is 2. The van der Waals surface area contributed by atoms with Crippen molar-refractivity contribution in [1.82, 2.24) is 9.97 Å². The molecule has 0 amide bonds. The number of carbonyl (C=O) groups excluding carboxylic acids is 2. The summed E-state index contributed by atoms with van der Waals surface area (Å²) < 4.78 is 5.11. The zero-order chi connectivity index (χ0) is 21.6. The van der Waals surface area contributed by atoms with Crippen molar-refractivity contribution in [1.29, 1.82) is 0 Å². The van der Waals surface area contributed by atoms with Gasteiger partial charge < -0.3 is 20.0 Å². The van der Waals surface area contributed by atoms with Crippen LogP contribution in [0.25, 0.3) is 0 Å². The van der Waals surface area contributed by atoms with Crippen LogP contribution in [0.2, 0.25) is 0 Å². The maximum absolute atomic E-state index is 13.1. The maximum atomic E-state index is 13.1. The fourth-order valence-corrected chi connectivity index (χ4v) is 4.18. The third-order valence-electron chi connectivity index (χ3n) is 5.32. The van der Waals surface area contributed by atoms with Crippen molar-refractivity contribution in [2.45, 2.75) is 32.6 Å². The minimum absolute atomic E-state index is 0.0627. The summed E-state index contributed by atoms with van der Waals surface area (Å²) in [6.07, 6.45) is 0.930. The summed E-state index contributed by atoms with van der Waals surface area (Å²) >= 11 is 0. The molecule has 0 bridgehead atoms. The maximum Gasteiger partial charge on any atom is 0.327 e. The van der Waals surface area contributed by atoms with Gasteiger partial charge in [-0.05, 0) is 29.5 Å². The summed E-state index contributed by atoms with van der Waals surface area (Å²) in [4.78, 5) is 53.0. The molecule has 9 heteroatoms. The van der Waals surface area contributed by atoms with Gasteiger partial charge in [-0.3, -0.25) is 19.6 Å². The predicted molar refractivity (Wildman–Crippen MR) is 105 cm³/mol. The van der Waals surface area contributed by atoms with E-state index in [9.17, 15) is 24.3 Å². The molecule has 2 aliphatic rings. The molecule has 4 rings (SSSR count). The Morgan fingerprint density at radius 1 is 1.13 bits per heavy atom. The summed E-state index contributed by atoms with van der Waals surface area (Å²) in [6, 6.07) is 6.48. The smallest absolute Gasteiger partial charge is 0.327 e. The number of fused-ring (bicyclic) bond motifs is 1. The van der Waals surface area contributed by atoms with Crippen LogP contribution < -0.4 is 26.4 Å². The van der Waals surface area contributed by atoms with E-state index in [1.807, 2.05) is 13.8 Å². The molecular weight excluding hydrogens is 390 g/mol. The quantitative estimate of drug-likeness (QED) is 0.661. The molecule has 9 nitrogen and oxygen atoms in total.